The Morgan fingerprint density at radius 2 is 2.64 bits per heavy atom. The van der Waals surface area contributed by atoms with E-state index in [0.29, 0.717) is 19.8 Å². The second kappa shape index (κ2) is 4.35. The van der Waals surface area contributed by atoms with Crippen molar-refractivity contribution in [3.8, 4) is 0 Å². The summed E-state index contributed by atoms with van der Waals surface area (Å²) in [6.45, 7) is 2.47. The van der Waals surface area contributed by atoms with Gasteiger partial charge in [-0.2, -0.15) is 0 Å². The molecule has 0 amide bonds. The van der Waals surface area contributed by atoms with E-state index >= 15 is 0 Å². The quantitative estimate of drug-likeness (QED) is 0.761. The Balaban J connectivity index is 1.72. The van der Waals surface area contributed by atoms with Gasteiger partial charge in [0.15, 0.2) is 0 Å². The molecule has 4 nitrogen and oxygen atoms in total. The Bertz CT molecular complexity index is 270. The standard InChI is InChI=1S/C9H14N2O2S/c12-9(1-2-13-6-9)5-10-3-8-4-11-7-14-8/h4,7,10,12H,1-3,5-6H2. The van der Waals surface area contributed by atoms with Crippen LogP contribution in [0.5, 0.6) is 0 Å². The predicted molar refractivity (Wildman–Crippen MR) is 54.2 cm³/mol. The van der Waals surface area contributed by atoms with Gasteiger partial charge in [0.2, 0.25) is 0 Å². The summed E-state index contributed by atoms with van der Waals surface area (Å²) in [5, 5.41) is 13.1. The molecule has 0 aromatic carbocycles. The summed E-state index contributed by atoms with van der Waals surface area (Å²) in [7, 11) is 0. The van der Waals surface area contributed by atoms with Crippen LogP contribution in [0.3, 0.4) is 0 Å². The average molecular weight is 214 g/mol. The van der Waals surface area contributed by atoms with Crippen molar-refractivity contribution in [2.75, 3.05) is 19.8 Å². The minimum absolute atomic E-state index is 0.447. The van der Waals surface area contributed by atoms with Gasteiger partial charge in [-0.05, 0) is 0 Å². The molecule has 1 aliphatic rings. The summed E-state index contributed by atoms with van der Waals surface area (Å²) >= 11 is 1.62. The van der Waals surface area contributed by atoms with Crippen molar-refractivity contribution in [2.45, 2.75) is 18.6 Å². The van der Waals surface area contributed by atoms with E-state index in [1.807, 2.05) is 11.7 Å². The summed E-state index contributed by atoms with van der Waals surface area (Å²) < 4.78 is 5.15. The second-order valence-corrected chi connectivity index (χ2v) is 4.57. The number of hydrogen-bond donors (Lipinski definition) is 2. The first-order chi connectivity index (χ1) is 6.79. The number of aliphatic hydroxyl groups is 1. The maximum atomic E-state index is 9.92. The van der Waals surface area contributed by atoms with Crippen molar-refractivity contribution in [2.24, 2.45) is 0 Å². The Labute approximate surface area is 86.9 Å². The fourth-order valence-electron chi connectivity index (χ4n) is 1.48. The molecule has 1 saturated heterocycles. The monoisotopic (exact) mass is 214 g/mol. The molecule has 14 heavy (non-hydrogen) atoms. The molecular formula is C9H14N2O2S. The fourth-order valence-corrected chi connectivity index (χ4v) is 2.05. The van der Waals surface area contributed by atoms with Crippen LogP contribution in [0, 0.1) is 0 Å². The maximum Gasteiger partial charge on any atom is 0.103 e. The zero-order chi connectivity index (χ0) is 9.86. The smallest absolute Gasteiger partial charge is 0.103 e. The number of hydrogen-bond acceptors (Lipinski definition) is 5. The van der Waals surface area contributed by atoms with Crippen LogP contribution in [0.15, 0.2) is 11.7 Å². The van der Waals surface area contributed by atoms with Crippen LogP contribution in [-0.2, 0) is 11.3 Å². The lowest BCUT2D eigenvalue weighted by Crippen LogP contribution is -2.40. The molecule has 1 fully saturated rings. The van der Waals surface area contributed by atoms with Crippen LogP contribution in [0.4, 0.5) is 0 Å². The second-order valence-electron chi connectivity index (χ2n) is 3.60. The highest BCUT2D eigenvalue weighted by Crippen LogP contribution is 2.17. The first-order valence-electron chi connectivity index (χ1n) is 4.67. The van der Waals surface area contributed by atoms with Gasteiger partial charge in [-0.25, -0.2) is 0 Å². The normalized spacial score (nSPS) is 26.9. The molecule has 1 aromatic heterocycles. The van der Waals surface area contributed by atoms with E-state index in [9.17, 15) is 5.11 Å². The zero-order valence-corrected chi connectivity index (χ0v) is 8.72. The molecule has 78 valence electrons. The third kappa shape index (κ3) is 2.51. The van der Waals surface area contributed by atoms with E-state index in [4.69, 9.17) is 4.74 Å². The Morgan fingerprint density at radius 3 is 3.29 bits per heavy atom. The minimum atomic E-state index is -0.662. The van der Waals surface area contributed by atoms with E-state index in [1.54, 1.807) is 11.3 Å². The first kappa shape index (κ1) is 10.0. The van der Waals surface area contributed by atoms with Gasteiger partial charge >= 0.3 is 0 Å². The Hall–Kier alpha value is -0.490. The van der Waals surface area contributed by atoms with Gasteiger partial charge in [-0.3, -0.25) is 4.98 Å². The number of aromatic nitrogens is 1. The van der Waals surface area contributed by atoms with Crippen LogP contribution >= 0.6 is 11.3 Å². The molecule has 0 spiro atoms. The van der Waals surface area contributed by atoms with Crippen molar-refractivity contribution >= 4 is 11.3 Å². The molecular weight excluding hydrogens is 200 g/mol. The first-order valence-corrected chi connectivity index (χ1v) is 5.55. The molecule has 0 radical (unpaired) electrons. The molecule has 0 aliphatic carbocycles. The fraction of sp³-hybridized carbons (Fsp3) is 0.667. The number of ether oxygens (including phenoxy) is 1. The Kier molecular flexibility index (Phi) is 3.12. The number of rotatable bonds is 4. The van der Waals surface area contributed by atoms with Crippen LogP contribution in [0.25, 0.3) is 0 Å². The number of thiazole rings is 1. The number of nitrogens with one attached hydrogen (secondary N) is 1. The van der Waals surface area contributed by atoms with Gasteiger partial charge in [0, 0.05) is 37.2 Å². The highest BCUT2D eigenvalue weighted by Gasteiger charge is 2.31. The van der Waals surface area contributed by atoms with Gasteiger partial charge < -0.3 is 15.2 Å². The summed E-state index contributed by atoms with van der Waals surface area (Å²) in [4.78, 5) is 5.17. The van der Waals surface area contributed by atoms with Crippen LogP contribution in [0.1, 0.15) is 11.3 Å². The zero-order valence-electron chi connectivity index (χ0n) is 7.90. The lowest BCUT2D eigenvalue weighted by Gasteiger charge is -2.20. The average Bonchev–Trinajstić information content (AvgIpc) is 2.77. The van der Waals surface area contributed by atoms with Crippen LogP contribution < -0.4 is 5.32 Å². The van der Waals surface area contributed by atoms with Crippen molar-refractivity contribution in [1.82, 2.24) is 10.3 Å². The minimum Gasteiger partial charge on any atom is -0.386 e. The molecule has 1 aliphatic heterocycles. The van der Waals surface area contributed by atoms with Gasteiger partial charge in [0.25, 0.3) is 0 Å². The van der Waals surface area contributed by atoms with Crippen molar-refractivity contribution in [1.29, 1.82) is 0 Å². The lowest BCUT2D eigenvalue weighted by molar-refractivity contribution is 0.0269. The van der Waals surface area contributed by atoms with Gasteiger partial charge in [0.1, 0.15) is 5.60 Å². The van der Waals surface area contributed by atoms with Gasteiger partial charge in [-0.15, -0.1) is 11.3 Å². The van der Waals surface area contributed by atoms with E-state index in [1.165, 1.54) is 4.88 Å². The van der Waals surface area contributed by atoms with E-state index in [0.717, 1.165) is 13.0 Å². The molecule has 1 aromatic rings. The highest BCUT2D eigenvalue weighted by atomic mass is 32.1. The third-order valence-electron chi connectivity index (χ3n) is 2.32. The van der Waals surface area contributed by atoms with Crippen molar-refractivity contribution < 1.29 is 9.84 Å². The molecule has 2 heterocycles. The number of nitrogens with zero attached hydrogens (tertiary/aromatic N) is 1. The summed E-state index contributed by atoms with van der Waals surface area (Å²) in [6, 6.07) is 0. The highest BCUT2D eigenvalue weighted by molar-refractivity contribution is 7.09. The molecule has 1 atom stereocenters. The largest absolute Gasteiger partial charge is 0.386 e. The van der Waals surface area contributed by atoms with Crippen molar-refractivity contribution in [3.63, 3.8) is 0 Å². The van der Waals surface area contributed by atoms with E-state index in [2.05, 4.69) is 10.3 Å². The predicted octanol–water partition coefficient (Wildman–Crippen LogP) is 0.384. The topological polar surface area (TPSA) is 54.4 Å². The molecule has 0 bridgehead atoms. The SMILES string of the molecule is OC1(CNCc2cncs2)CCOC1. The molecule has 0 saturated carbocycles. The summed E-state index contributed by atoms with van der Waals surface area (Å²) in [5.41, 5.74) is 1.15. The maximum absolute atomic E-state index is 9.92. The molecule has 5 heteroatoms. The molecule has 2 rings (SSSR count). The molecule has 2 N–H and O–H groups in total. The summed E-state index contributed by atoms with van der Waals surface area (Å²) in [5.74, 6) is 0. The third-order valence-corrected chi connectivity index (χ3v) is 3.10. The van der Waals surface area contributed by atoms with Crippen molar-refractivity contribution in [3.05, 3.63) is 16.6 Å². The van der Waals surface area contributed by atoms with Gasteiger partial charge in [-0.1, -0.05) is 0 Å². The van der Waals surface area contributed by atoms with Gasteiger partial charge in [0.05, 0.1) is 12.1 Å². The van der Waals surface area contributed by atoms with E-state index < -0.39 is 5.60 Å². The summed E-state index contributed by atoms with van der Waals surface area (Å²) in [6.07, 6.45) is 2.57. The molecule has 1 unspecified atom stereocenters. The van der Waals surface area contributed by atoms with E-state index in [-0.39, 0.29) is 0 Å². The van der Waals surface area contributed by atoms with Crippen LogP contribution in [-0.4, -0.2) is 35.5 Å². The lowest BCUT2D eigenvalue weighted by atomic mass is 10.0. The van der Waals surface area contributed by atoms with Crippen LogP contribution in [0.2, 0.25) is 0 Å². The Morgan fingerprint density at radius 1 is 1.71 bits per heavy atom.